The summed E-state index contributed by atoms with van der Waals surface area (Å²) in [4.78, 5) is 20.0. The van der Waals surface area contributed by atoms with Gasteiger partial charge in [0.25, 0.3) is 5.91 Å². The van der Waals surface area contributed by atoms with Crippen molar-refractivity contribution in [2.24, 2.45) is 5.92 Å². The molecule has 1 amide bonds. The van der Waals surface area contributed by atoms with Crippen molar-refractivity contribution in [2.45, 2.75) is 51.6 Å². The summed E-state index contributed by atoms with van der Waals surface area (Å²) in [5, 5.41) is 11.3. The minimum atomic E-state index is -0.427. The van der Waals surface area contributed by atoms with E-state index >= 15 is 0 Å². The SMILES string of the molecule is CCc1nc2ccccc2c(C(=O)N2CCC(C3(O)CC3)CC2)c1C. The standard InChI is InChI=1S/C21H26N2O2/c1-3-17-14(2)19(16-6-4-5-7-18(16)22-17)20(24)23-12-8-15(9-13-23)21(25)10-11-21/h4-7,15,25H,3,8-13H2,1-2H3. The fraction of sp³-hybridized carbons (Fsp3) is 0.524. The molecule has 0 radical (unpaired) electrons. The second kappa shape index (κ2) is 6.10. The zero-order valence-corrected chi connectivity index (χ0v) is 15.1. The molecule has 25 heavy (non-hydrogen) atoms. The number of hydrogen-bond acceptors (Lipinski definition) is 3. The monoisotopic (exact) mass is 338 g/mol. The first kappa shape index (κ1) is 16.5. The zero-order chi connectivity index (χ0) is 17.6. The van der Waals surface area contributed by atoms with Crippen molar-refractivity contribution in [2.75, 3.05) is 13.1 Å². The minimum absolute atomic E-state index is 0.118. The largest absolute Gasteiger partial charge is 0.390 e. The highest BCUT2D eigenvalue weighted by molar-refractivity contribution is 6.07. The van der Waals surface area contributed by atoms with Crippen molar-refractivity contribution in [3.8, 4) is 0 Å². The van der Waals surface area contributed by atoms with E-state index in [1.807, 2.05) is 36.1 Å². The van der Waals surface area contributed by atoms with Crippen molar-refractivity contribution in [1.29, 1.82) is 0 Å². The number of pyridine rings is 1. The lowest BCUT2D eigenvalue weighted by molar-refractivity contribution is 0.0341. The van der Waals surface area contributed by atoms with E-state index in [0.717, 1.165) is 72.9 Å². The van der Waals surface area contributed by atoms with Crippen LogP contribution in [0.4, 0.5) is 0 Å². The second-order valence-electron chi connectivity index (χ2n) is 7.60. The van der Waals surface area contributed by atoms with E-state index in [0.29, 0.717) is 5.92 Å². The van der Waals surface area contributed by atoms with Gasteiger partial charge in [-0.15, -0.1) is 0 Å². The first-order valence-electron chi connectivity index (χ1n) is 9.43. The molecule has 1 aliphatic carbocycles. The number of aromatic nitrogens is 1. The summed E-state index contributed by atoms with van der Waals surface area (Å²) in [6.45, 7) is 5.58. The molecule has 4 nitrogen and oxygen atoms in total. The van der Waals surface area contributed by atoms with E-state index in [9.17, 15) is 9.90 Å². The molecule has 1 aromatic carbocycles. The Hall–Kier alpha value is -1.94. The Morgan fingerprint density at radius 2 is 1.96 bits per heavy atom. The average Bonchev–Trinajstić information content (AvgIpc) is 3.39. The number of piperidine rings is 1. The third-order valence-corrected chi connectivity index (χ3v) is 6.09. The van der Waals surface area contributed by atoms with Gasteiger partial charge in [0.15, 0.2) is 0 Å². The maximum absolute atomic E-state index is 13.3. The van der Waals surface area contributed by atoms with Gasteiger partial charge in [-0.3, -0.25) is 9.78 Å². The predicted molar refractivity (Wildman–Crippen MR) is 98.7 cm³/mol. The fourth-order valence-electron chi connectivity index (χ4n) is 4.29. The molecule has 0 bridgehead atoms. The van der Waals surface area contributed by atoms with Gasteiger partial charge < -0.3 is 10.0 Å². The zero-order valence-electron chi connectivity index (χ0n) is 15.1. The molecule has 1 aromatic heterocycles. The number of aliphatic hydroxyl groups is 1. The number of nitrogens with zero attached hydrogens (tertiary/aromatic N) is 2. The summed E-state index contributed by atoms with van der Waals surface area (Å²) < 4.78 is 0. The number of amides is 1. The second-order valence-corrected chi connectivity index (χ2v) is 7.60. The van der Waals surface area contributed by atoms with Gasteiger partial charge in [-0.1, -0.05) is 25.1 Å². The number of fused-ring (bicyclic) bond motifs is 1. The van der Waals surface area contributed by atoms with Crippen LogP contribution >= 0.6 is 0 Å². The normalized spacial score (nSPS) is 20.0. The van der Waals surface area contributed by atoms with Gasteiger partial charge >= 0.3 is 0 Å². The molecule has 2 heterocycles. The number of rotatable bonds is 3. The average molecular weight is 338 g/mol. The van der Waals surface area contributed by atoms with Crippen molar-refractivity contribution < 1.29 is 9.90 Å². The molecule has 2 aliphatic rings. The maximum atomic E-state index is 13.3. The number of carbonyl (C=O) groups is 1. The number of likely N-dealkylation sites (tertiary alicyclic amines) is 1. The third kappa shape index (κ3) is 2.82. The molecule has 132 valence electrons. The molecule has 4 rings (SSSR count). The lowest BCUT2D eigenvalue weighted by Gasteiger charge is -2.35. The van der Waals surface area contributed by atoms with Gasteiger partial charge in [0.1, 0.15) is 0 Å². The number of hydrogen-bond donors (Lipinski definition) is 1. The van der Waals surface area contributed by atoms with E-state index in [-0.39, 0.29) is 5.91 Å². The third-order valence-electron chi connectivity index (χ3n) is 6.09. The summed E-state index contributed by atoms with van der Waals surface area (Å²) in [7, 11) is 0. The van der Waals surface area contributed by atoms with Crippen LogP contribution in [0.15, 0.2) is 24.3 Å². The first-order chi connectivity index (χ1) is 12.0. The van der Waals surface area contributed by atoms with Crippen LogP contribution < -0.4 is 0 Å². The smallest absolute Gasteiger partial charge is 0.254 e. The van der Waals surface area contributed by atoms with Crippen LogP contribution in [0.5, 0.6) is 0 Å². The van der Waals surface area contributed by atoms with Crippen LogP contribution in [0.1, 0.15) is 54.2 Å². The quantitative estimate of drug-likeness (QED) is 0.932. The van der Waals surface area contributed by atoms with Crippen molar-refractivity contribution in [3.05, 3.63) is 41.1 Å². The molecule has 0 unspecified atom stereocenters. The molecule has 2 aromatic rings. The van der Waals surface area contributed by atoms with Crippen LogP contribution in [0.2, 0.25) is 0 Å². The molecule has 1 saturated carbocycles. The molecular formula is C21H26N2O2. The number of para-hydroxylation sites is 1. The van der Waals surface area contributed by atoms with Gasteiger partial charge in [-0.05, 0) is 56.6 Å². The number of benzene rings is 1. The van der Waals surface area contributed by atoms with Gasteiger partial charge in [-0.2, -0.15) is 0 Å². The van der Waals surface area contributed by atoms with Crippen LogP contribution in [0, 0.1) is 12.8 Å². The molecule has 1 aliphatic heterocycles. The lowest BCUT2D eigenvalue weighted by Crippen LogP contribution is -2.42. The highest BCUT2D eigenvalue weighted by Gasteiger charge is 2.48. The Kier molecular flexibility index (Phi) is 4.03. The molecular weight excluding hydrogens is 312 g/mol. The minimum Gasteiger partial charge on any atom is -0.390 e. The Bertz CT molecular complexity index is 818. The van der Waals surface area contributed by atoms with E-state index in [1.54, 1.807) is 0 Å². The Morgan fingerprint density at radius 1 is 1.28 bits per heavy atom. The van der Waals surface area contributed by atoms with Crippen molar-refractivity contribution >= 4 is 16.8 Å². The molecule has 4 heteroatoms. The van der Waals surface area contributed by atoms with Crippen LogP contribution in [-0.4, -0.2) is 39.6 Å². The Morgan fingerprint density at radius 3 is 2.60 bits per heavy atom. The molecule has 0 spiro atoms. The van der Waals surface area contributed by atoms with E-state index in [1.165, 1.54) is 0 Å². The maximum Gasteiger partial charge on any atom is 0.254 e. The van der Waals surface area contributed by atoms with Gasteiger partial charge in [0.05, 0.1) is 16.7 Å². The summed E-state index contributed by atoms with van der Waals surface area (Å²) >= 11 is 0. The van der Waals surface area contributed by atoms with Crippen molar-refractivity contribution in [3.63, 3.8) is 0 Å². The van der Waals surface area contributed by atoms with Crippen molar-refractivity contribution in [1.82, 2.24) is 9.88 Å². The van der Waals surface area contributed by atoms with Crippen LogP contribution in [-0.2, 0) is 6.42 Å². The predicted octanol–water partition coefficient (Wildman–Crippen LogP) is 3.48. The number of carbonyl (C=O) groups excluding carboxylic acids is 1. The summed E-state index contributed by atoms with van der Waals surface area (Å²) in [5.41, 5.74) is 3.30. The summed E-state index contributed by atoms with van der Waals surface area (Å²) in [6.07, 6.45) is 4.50. The Balaban J connectivity index is 1.65. The van der Waals surface area contributed by atoms with E-state index in [4.69, 9.17) is 4.98 Å². The van der Waals surface area contributed by atoms with E-state index in [2.05, 4.69) is 6.92 Å². The molecule has 1 N–H and O–H groups in total. The fourth-order valence-corrected chi connectivity index (χ4v) is 4.29. The highest BCUT2D eigenvalue weighted by Crippen LogP contribution is 2.46. The highest BCUT2D eigenvalue weighted by atomic mass is 16.3. The molecule has 0 atom stereocenters. The van der Waals surface area contributed by atoms with Gasteiger partial charge in [-0.25, -0.2) is 0 Å². The lowest BCUT2D eigenvalue weighted by atomic mass is 9.88. The summed E-state index contributed by atoms with van der Waals surface area (Å²) in [5.74, 6) is 0.477. The van der Waals surface area contributed by atoms with Crippen LogP contribution in [0.3, 0.4) is 0 Å². The number of aryl methyl sites for hydroxylation is 1. The van der Waals surface area contributed by atoms with Gasteiger partial charge in [0, 0.05) is 24.2 Å². The molecule has 2 fully saturated rings. The van der Waals surface area contributed by atoms with Gasteiger partial charge in [0.2, 0.25) is 0 Å². The first-order valence-corrected chi connectivity index (χ1v) is 9.43. The molecule has 1 saturated heterocycles. The van der Waals surface area contributed by atoms with Crippen LogP contribution in [0.25, 0.3) is 10.9 Å². The van der Waals surface area contributed by atoms with E-state index < -0.39 is 5.60 Å². The summed E-state index contributed by atoms with van der Waals surface area (Å²) in [6, 6.07) is 7.93. The Labute approximate surface area is 148 Å². The topological polar surface area (TPSA) is 53.4 Å².